The molecule has 1 rings (SSSR count). The third kappa shape index (κ3) is 22.6. The summed E-state index contributed by atoms with van der Waals surface area (Å²) in [5.74, 6) is -12.3. The lowest BCUT2D eigenvalue weighted by molar-refractivity contribution is -0.145. The Morgan fingerprint density at radius 2 is 0.918 bits per heavy atom. The lowest BCUT2D eigenvalue weighted by atomic mass is 9.96. The number of aliphatic hydroxyl groups excluding tert-OH is 3. The van der Waals surface area contributed by atoms with E-state index in [1.165, 1.54) is 45.0 Å². The number of hydrogen-bond donors (Lipinski definition) is 16. The van der Waals surface area contributed by atoms with Gasteiger partial charge in [0.1, 0.15) is 54.1 Å². The van der Waals surface area contributed by atoms with Crippen LogP contribution in [0.5, 0.6) is 5.75 Å². The van der Waals surface area contributed by atoms with Crippen LogP contribution >= 0.6 is 0 Å². The number of aliphatic hydroxyl groups is 3. The van der Waals surface area contributed by atoms with Gasteiger partial charge >= 0.3 is 5.97 Å². The minimum Gasteiger partial charge on any atom is -0.508 e. The Kier molecular flexibility index (Phi) is 27.0. The highest BCUT2D eigenvalue weighted by Crippen LogP contribution is 2.15. The summed E-state index contributed by atoms with van der Waals surface area (Å²) >= 11 is 0. The number of rotatable bonds is 32. The van der Waals surface area contributed by atoms with Crippen molar-refractivity contribution >= 4 is 65.0 Å². The SMILES string of the molecule is CC[C@H](C)[C@H](NC(=O)[C@@H](NC(=O)[C@@H](N)[C@@H](C)O)[C@@H](C)O)C(=O)N[C@@H](CC(C)C)C(=O)N[C@@H](CCC(N)=O)C(=O)N[C@@H](Cc1ccc(O)cc1)C(=O)N[C@@H](C)C(=O)N[C@@H](CCC(N)=O)C(=O)N[C@H](C(=O)O)[C@@H](C)O. The Balaban J connectivity index is 3.55. The van der Waals surface area contributed by atoms with E-state index in [1.807, 2.05) is 0 Å². The van der Waals surface area contributed by atoms with Gasteiger partial charge in [0.05, 0.1) is 18.3 Å². The maximum absolute atomic E-state index is 14.2. The van der Waals surface area contributed by atoms with E-state index >= 15 is 0 Å². The number of aromatic hydroxyl groups is 1. The Labute approximate surface area is 422 Å². The molecule has 73 heavy (non-hydrogen) atoms. The summed E-state index contributed by atoms with van der Waals surface area (Å²) in [4.78, 5) is 144. The molecule has 0 aliphatic carbocycles. The molecular weight excluding hydrogens is 963 g/mol. The molecule has 0 heterocycles. The van der Waals surface area contributed by atoms with E-state index in [1.54, 1.807) is 27.7 Å². The van der Waals surface area contributed by atoms with Crippen molar-refractivity contribution in [3.05, 3.63) is 29.8 Å². The van der Waals surface area contributed by atoms with Crippen molar-refractivity contribution in [3.8, 4) is 5.75 Å². The third-order valence-electron chi connectivity index (χ3n) is 11.5. The topological polar surface area (TPSA) is 463 Å². The number of carboxylic acids is 1. The van der Waals surface area contributed by atoms with Crippen LogP contribution in [-0.2, 0) is 59.2 Å². The lowest BCUT2D eigenvalue weighted by Crippen LogP contribution is -2.62. The average Bonchev–Trinajstić information content (AvgIpc) is 3.30. The first-order valence-corrected chi connectivity index (χ1v) is 23.7. The van der Waals surface area contributed by atoms with Gasteiger partial charge in [-0.3, -0.25) is 47.9 Å². The normalized spacial score (nSPS) is 16.6. The zero-order chi connectivity index (χ0) is 56.0. The van der Waals surface area contributed by atoms with Crippen LogP contribution in [-0.4, -0.2) is 163 Å². The van der Waals surface area contributed by atoms with Gasteiger partial charge in [-0.15, -0.1) is 0 Å². The van der Waals surface area contributed by atoms with E-state index in [4.69, 9.17) is 17.2 Å². The summed E-state index contributed by atoms with van der Waals surface area (Å²) < 4.78 is 0. The molecule has 0 saturated carbocycles. The minimum absolute atomic E-state index is 0.0376. The molecule has 0 radical (unpaired) electrons. The van der Waals surface area contributed by atoms with Crippen molar-refractivity contribution in [2.75, 3.05) is 0 Å². The maximum Gasteiger partial charge on any atom is 0.328 e. The highest BCUT2D eigenvalue weighted by atomic mass is 16.4. The Bertz CT molecular complexity index is 2090. The maximum atomic E-state index is 14.2. The Morgan fingerprint density at radius 3 is 1.37 bits per heavy atom. The van der Waals surface area contributed by atoms with Crippen LogP contribution in [0.1, 0.15) is 99.5 Å². The molecule has 0 bridgehead atoms. The van der Waals surface area contributed by atoms with Crippen LogP contribution in [0.25, 0.3) is 0 Å². The number of primary amides is 2. The number of hydrogen-bond acceptors (Lipinski definition) is 16. The van der Waals surface area contributed by atoms with E-state index in [2.05, 4.69) is 42.5 Å². The quantitative estimate of drug-likeness (QED) is 0.0321. The number of phenols is 1. The standard InChI is InChI=1S/C46H75N11O16/c1-9-21(4)35(55-45(71)36(24(7)59)56-43(69)34(49)23(6)58)44(70)54-30(18-20(2)3)42(68)52-28(14-16-32(47)62)39(65)53-31(19-26-10-12-27(61)13-11-26)41(67)50-22(5)38(64)51-29(15-17-33(48)63)40(66)57-37(25(8)60)46(72)73/h10-13,20-25,28-31,34-37,58-61H,9,14-19,49H2,1-8H3,(H2,47,62)(H2,48,63)(H,50,67)(H,51,64)(H,52,68)(H,53,65)(H,54,70)(H,55,71)(H,56,69)(H,57,66)(H,72,73)/t21-,22-,23+,24+,25+,28-,29-,30-,31-,34-,35-,36-,37-/m0/s1. The molecular formula is C46H75N11O16. The predicted molar refractivity (Wildman–Crippen MR) is 259 cm³/mol. The Morgan fingerprint density at radius 1 is 0.507 bits per heavy atom. The van der Waals surface area contributed by atoms with Crippen molar-refractivity contribution in [1.82, 2.24) is 42.5 Å². The largest absolute Gasteiger partial charge is 0.508 e. The monoisotopic (exact) mass is 1040 g/mol. The first kappa shape index (κ1) is 64.0. The number of benzene rings is 1. The van der Waals surface area contributed by atoms with E-state index in [-0.39, 0.29) is 24.5 Å². The Hall–Kier alpha value is -6.97. The predicted octanol–water partition coefficient (Wildman–Crippen LogP) is -4.99. The zero-order valence-corrected chi connectivity index (χ0v) is 42.3. The summed E-state index contributed by atoms with van der Waals surface area (Å²) in [6.45, 7) is 11.5. The van der Waals surface area contributed by atoms with E-state index in [0.29, 0.717) is 12.0 Å². The van der Waals surface area contributed by atoms with Gasteiger partial charge in [0.15, 0.2) is 6.04 Å². The fourth-order valence-electron chi connectivity index (χ4n) is 6.83. The highest BCUT2D eigenvalue weighted by Gasteiger charge is 2.37. The number of amides is 10. The van der Waals surface area contributed by atoms with Crippen LogP contribution in [0.15, 0.2) is 24.3 Å². The molecule has 27 nitrogen and oxygen atoms in total. The number of nitrogens with two attached hydrogens (primary N) is 3. The second kappa shape index (κ2) is 30.8. The molecule has 10 amide bonds. The molecule has 0 aliphatic heterocycles. The highest BCUT2D eigenvalue weighted by molar-refractivity contribution is 5.98. The van der Waals surface area contributed by atoms with Crippen molar-refractivity contribution < 1.29 is 78.3 Å². The zero-order valence-electron chi connectivity index (χ0n) is 42.3. The fraction of sp³-hybridized carbons (Fsp3) is 0.630. The molecule has 0 aliphatic rings. The number of aliphatic carboxylic acids is 1. The van der Waals surface area contributed by atoms with E-state index in [0.717, 1.165) is 6.92 Å². The van der Waals surface area contributed by atoms with Gasteiger partial charge in [-0.2, -0.15) is 0 Å². The van der Waals surface area contributed by atoms with Gasteiger partial charge in [-0.05, 0) is 76.5 Å². The second-order valence-corrected chi connectivity index (χ2v) is 18.4. The first-order chi connectivity index (χ1) is 33.9. The van der Waals surface area contributed by atoms with Gasteiger partial charge < -0.3 is 85.3 Å². The van der Waals surface area contributed by atoms with E-state index < -0.39 is 169 Å². The molecule has 13 atom stereocenters. The summed E-state index contributed by atoms with van der Waals surface area (Å²) in [5, 5.41) is 68.5. The van der Waals surface area contributed by atoms with Gasteiger partial charge in [0, 0.05) is 19.3 Å². The third-order valence-corrected chi connectivity index (χ3v) is 11.5. The number of phenolic OH excluding ortho intramolecular Hbond substituents is 1. The van der Waals surface area contributed by atoms with Crippen LogP contribution in [0.2, 0.25) is 0 Å². The number of carbonyl (C=O) groups excluding carboxylic acids is 10. The van der Waals surface area contributed by atoms with Crippen molar-refractivity contribution in [2.24, 2.45) is 29.0 Å². The molecule has 1 aromatic carbocycles. The molecule has 0 unspecified atom stereocenters. The van der Waals surface area contributed by atoms with Gasteiger partial charge in [0.2, 0.25) is 59.1 Å². The van der Waals surface area contributed by atoms with Gasteiger partial charge in [-0.25, -0.2) is 4.79 Å². The van der Waals surface area contributed by atoms with Crippen LogP contribution < -0.4 is 59.7 Å². The summed E-state index contributed by atoms with van der Waals surface area (Å²) in [7, 11) is 0. The van der Waals surface area contributed by atoms with Crippen molar-refractivity contribution in [3.63, 3.8) is 0 Å². The second-order valence-electron chi connectivity index (χ2n) is 18.4. The minimum atomic E-state index is -1.80. The van der Waals surface area contributed by atoms with Crippen LogP contribution in [0.3, 0.4) is 0 Å². The van der Waals surface area contributed by atoms with Gasteiger partial charge in [-0.1, -0.05) is 46.2 Å². The molecule has 19 N–H and O–H groups in total. The molecule has 0 aromatic heterocycles. The van der Waals surface area contributed by atoms with Crippen LogP contribution in [0.4, 0.5) is 0 Å². The summed E-state index contributed by atoms with van der Waals surface area (Å²) in [5.41, 5.74) is 16.7. The first-order valence-electron chi connectivity index (χ1n) is 23.7. The van der Waals surface area contributed by atoms with Gasteiger partial charge in [0.25, 0.3) is 0 Å². The molecule has 27 heteroatoms. The summed E-state index contributed by atoms with van der Waals surface area (Å²) in [6, 6.07) is -8.49. The summed E-state index contributed by atoms with van der Waals surface area (Å²) in [6.07, 6.45) is -6.17. The molecule has 1 aromatic rings. The molecule has 0 saturated heterocycles. The number of carboxylic acid groups (broad SMARTS) is 1. The van der Waals surface area contributed by atoms with Crippen molar-refractivity contribution in [2.45, 2.75) is 173 Å². The molecule has 410 valence electrons. The molecule has 0 spiro atoms. The fourth-order valence-corrected chi connectivity index (χ4v) is 6.83. The number of nitrogens with one attached hydrogen (secondary N) is 8. The van der Waals surface area contributed by atoms with Crippen molar-refractivity contribution in [1.29, 1.82) is 0 Å². The molecule has 0 fully saturated rings. The van der Waals surface area contributed by atoms with Crippen LogP contribution in [0, 0.1) is 11.8 Å². The lowest BCUT2D eigenvalue weighted by Gasteiger charge is -2.30. The number of carbonyl (C=O) groups is 11. The van der Waals surface area contributed by atoms with E-state index in [9.17, 15) is 78.3 Å². The smallest absolute Gasteiger partial charge is 0.328 e. The average molecular weight is 1040 g/mol.